The van der Waals surface area contributed by atoms with Gasteiger partial charge in [-0.05, 0) is 28.2 Å². The van der Waals surface area contributed by atoms with Crippen molar-refractivity contribution in [3.63, 3.8) is 0 Å². The Balaban J connectivity index is 1.41. The molecule has 0 fully saturated rings. The molecule has 1 aliphatic rings. The maximum Gasteiger partial charge on any atom is 0.407 e. The molecule has 0 aliphatic heterocycles. The Bertz CT molecular complexity index is 1170. The molecule has 0 saturated carbocycles. The molecule has 2 amide bonds. The standard InChI is InChI=1S/C25H26N4O5/c1-14(2)20-11-22(29-28-20)27-24(32)21(12-23(30)31)26-25(33)34-13-19-17-9-5-3-7-15(17)16-8-4-6-10-18(16)19/h3-11,14,19,21H,12-13H2,1-2H3,(H,26,33)(H,30,31)(H2,27,28,29,32). The van der Waals surface area contributed by atoms with Crippen molar-refractivity contribution >= 4 is 23.8 Å². The number of anilines is 1. The molecule has 0 bridgehead atoms. The van der Waals surface area contributed by atoms with E-state index in [0.717, 1.165) is 27.9 Å². The number of H-pyrrole nitrogens is 1. The predicted octanol–water partition coefficient (Wildman–Crippen LogP) is 3.85. The Morgan fingerprint density at radius 1 is 1.06 bits per heavy atom. The monoisotopic (exact) mass is 462 g/mol. The van der Waals surface area contributed by atoms with Gasteiger partial charge in [0, 0.05) is 17.7 Å². The zero-order valence-electron chi connectivity index (χ0n) is 18.9. The van der Waals surface area contributed by atoms with Gasteiger partial charge in [-0.25, -0.2) is 4.79 Å². The van der Waals surface area contributed by atoms with E-state index in [1.165, 1.54) is 0 Å². The number of hydrogen-bond acceptors (Lipinski definition) is 5. The number of aromatic nitrogens is 2. The average Bonchev–Trinajstić information content (AvgIpc) is 3.40. The Kier molecular flexibility index (Phi) is 6.62. The Morgan fingerprint density at radius 2 is 1.68 bits per heavy atom. The third-order valence-electron chi connectivity index (χ3n) is 5.80. The van der Waals surface area contributed by atoms with E-state index in [4.69, 9.17) is 4.74 Å². The number of rotatable bonds is 8. The summed E-state index contributed by atoms with van der Waals surface area (Å²) in [7, 11) is 0. The van der Waals surface area contributed by atoms with Gasteiger partial charge in [-0.1, -0.05) is 62.4 Å². The van der Waals surface area contributed by atoms with Crippen molar-refractivity contribution in [2.75, 3.05) is 11.9 Å². The van der Waals surface area contributed by atoms with Crippen LogP contribution in [0.5, 0.6) is 0 Å². The molecule has 1 heterocycles. The van der Waals surface area contributed by atoms with E-state index in [9.17, 15) is 19.5 Å². The van der Waals surface area contributed by atoms with Gasteiger partial charge in [0.15, 0.2) is 5.82 Å². The molecule has 176 valence electrons. The number of carbonyl (C=O) groups is 3. The van der Waals surface area contributed by atoms with Gasteiger partial charge in [-0.3, -0.25) is 14.7 Å². The van der Waals surface area contributed by atoms with Gasteiger partial charge in [-0.2, -0.15) is 5.10 Å². The summed E-state index contributed by atoms with van der Waals surface area (Å²) in [4.78, 5) is 36.5. The molecule has 1 aromatic heterocycles. The third-order valence-corrected chi connectivity index (χ3v) is 5.80. The van der Waals surface area contributed by atoms with Crippen molar-refractivity contribution < 1.29 is 24.2 Å². The number of aromatic amines is 1. The van der Waals surface area contributed by atoms with Crippen LogP contribution in [0.2, 0.25) is 0 Å². The van der Waals surface area contributed by atoms with E-state index in [-0.39, 0.29) is 24.3 Å². The second-order valence-electron chi connectivity index (χ2n) is 8.47. The Morgan fingerprint density at radius 3 is 2.24 bits per heavy atom. The number of benzene rings is 2. The zero-order valence-corrected chi connectivity index (χ0v) is 18.9. The van der Waals surface area contributed by atoms with Crippen molar-refractivity contribution in [3.05, 3.63) is 71.4 Å². The van der Waals surface area contributed by atoms with Crippen LogP contribution < -0.4 is 10.6 Å². The lowest BCUT2D eigenvalue weighted by molar-refractivity contribution is -0.139. The summed E-state index contributed by atoms with van der Waals surface area (Å²) in [5.41, 5.74) is 5.10. The number of fused-ring (bicyclic) bond motifs is 3. The molecule has 2 aromatic carbocycles. The molecule has 1 atom stereocenters. The van der Waals surface area contributed by atoms with E-state index in [2.05, 4.69) is 20.8 Å². The number of nitrogens with zero attached hydrogens (tertiary/aromatic N) is 1. The number of aliphatic carboxylic acids is 1. The molecule has 9 heteroatoms. The highest BCUT2D eigenvalue weighted by Gasteiger charge is 2.30. The van der Waals surface area contributed by atoms with Crippen molar-refractivity contribution in [1.29, 1.82) is 0 Å². The Hall–Kier alpha value is -4.14. The molecule has 0 saturated heterocycles. The quantitative estimate of drug-likeness (QED) is 0.402. The van der Waals surface area contributed by atoms with Crippen LogP contribution in [0.3, 0.4) is 0 Å². The second kappa shape index (κ2) is 9.78. The molecule has 1 unspecified atom stereocenters. The minimum atomic E-state index is -1.33. The van der Waals surface area contributed by atoms with Crippen molar-refractivity contribution in [2.45, 2.75) is 38.1 Å². The number of ether oxygens (including phenoxy) is 1. The van der Waals surface area contributed by atoms with Crippen molar-refractivity contribution in [2.24, 2.45) is 0 Å². The SMILES string of the molecule is CC(C)c1cc(NC(=O)C(CC(=O)O)NC(=O)OCC2c3ccccc3-c3ccccc32)n[nH]1. The predicted molar refractivity (Wildman–Crippen MR) is 126 cm³/mol. The number of amides is 2. The van der Waals surface area contributed by atoms with Crippen LogP contribution in [0.1, 0.15) is 48.9 Å². The topological polar surface area (TPSA) is 133 Å². The van der Waals surface area contributed by atoms with Crippen LogP contribution >= 0.6 is 0 Å². The first-order valence-electron chi connectivity index (χ1n) is 11.0. The molecule has 0 spiro atoms. The minimum Gasteiger partial charge on any atom is -0.481 e. The normalized spacial score (nSPS) is 13.1. The molecule has 1 aliphatic carbocycles. The number of hydrogen-bond donors (Lipinski definition) is 4. The fourth-order valence-corrected chi connectivity index (χ4v) is 4.08. The van der Waals surface area contributed by atoms with E-state index in [1.54, 1.807) is 6.07 Å². The third kappa shape index (κ3) is 4.93. The smallest absolute Gasteiger partial charge is 0.407 e. The van der Waals surface area contributed by atoms with E-state index in [0.29, 0.717) is 0 Å². The lowest BCUT2D eigenvalue weighted by atomic mass is 9.98. The molecule has 34 heavy (non-hydrogen) atoms. The summed E-state index contributed by atoms with van der Waals surface area (Å²) in [6.07, 6.45) is -1.47. The summed E-state index contributed by atoms with van der Waals surface area (Å²) in [6.45, 7) is 3.98. The first kappa shape index (κ1) is 23.0. The molecular weight excluding hydrogens is 436 g/mol. The highest BCUT2D eigenvalue weighted by Crippen LogP contribution is 2.44. The van der Waals surface area contributed by atoms with Gasteiger partial charge in [0.05, 0.1) is 6.42 Å². The summed E-state index contributed by atoms with van der Waals surface area (Å²) >= 11 is 0. The van der Waals surface area contributed by atoms with Crippen LogP contribution in [0.25, 0.3) is 11.1 Å². The first-order valence-corrected chi connectivity index (χ1v) is 11.0. The Labute approximate surface area is 196 Å². The summed E-state index contributed by atoms with van der Waals surface area (Å²) in [5, 5.41) is 20.9. The molecule has 3 aromatic rings. The number of nitrogens with one attached hydrogen (secondary N) is 3. The highest BCUT2D eigenvalue weighted by molar-refractivity contribution is 5.98. The van der Waals surface area contributed by atoms with Crippen LogP contribution in [0.4, 0.5) is 10.6 Å². The van der Waals surface area contributed by atoms with Crippen molar-refractivity contribution in [3.8, 4) is 11.1 Å². The van der Waals surface area contributed by atoms with Gasteiger partial charge < -0.3 is 20.5 Å². The van der Waals surface area contributed by atoms with Gasteiger partial charge in [0.2, 0.25) is 5.91 Å². The van der Waals surface area contributed by atoms with E-state index >= 15 is 0 Å². The zero-order chi connectivity index (χ0) is 24.2. The summed E-state index contributed by atoms with van der Waals surface area (Å²) in [6, 6.07) is 16.2. The molecule has 4 N–H and O–H groups in total. The van der Waals surface area contributed by atoms with Crippen molar-refractivity contribution in [1.82, 2.24) is 15.5 Å². The van der Waals surface area contributed by atoms with Gasteiger partial charge in [0.1, 0.15) is 12.6 Å². The largest absolute Gasteiger partial charge is 0.481 e. The van der Waals surface area contributed by atoms with Crippen LogP contribution in [-0.4, -0.2) is 45.9 Å². The van der Waals surface area contributed by atoms with Crippen LogP contribution in [0.15, 0.2) is 54.6 Å². The fourth-order valence-electron chi connectivity index (χ4n) is 4.08. The summed E-state index contributed by atoms with van der Waals surface area (Å²) in [5.74, 6) is -1.66. The minimum absolute atomic E-state index is 0.0540. The van der Waals surface area contributed by atoms with Crippen LogP contribution in [0, 0.1) is 0 Å². The molecule has 0 radical (unpaired) electrons. The first-order chi connectivity index (χ1) is 16.3. The number of carboxylic acid groups (broad SMARTS) is 1. The lowest BCUT2D eigenvalue weighted by Gasteiger charge is -2.18. The molecule has 9 nitrogen and oxygen atoms in total. The highest BCUT2D eigenvalue weighted by atomic mass is 16.5. The average molecular weight is 463 g/mol. The number of alkyl carbamates (subject to hydrolysis) is 1. The maximum atomic E-state index is 12.7. The van der Waals surface area contributed by atoms with Gasteiger partial charge >= 0.3 is 12.1 Å². The molecular formula is C25H26N4O5. The molecule has 4 rings (SSSR count). The number of carboxylic acids is 1. The maximum absolute atomic E-state index is 12.7. The van der Waals surface area contributed by atoms with Gasteiger partial charge in [0.25, 0.3) is 0 Å². The summed E-state index contributed by atoms with van der Waals surface area (Å²) < 4.78 is 5.44. The number of carbonyl (C=O) groups excluding carboxylic acids is 2. The van der Waals surface area contributed by atoms with E-state index < -0.39 is 30.4 Å². The van der Waals surface area contributed by atoms with E-state index in [1.807, 2.05) is 62.4 Å². The van der Waals surface area contributed by atoms with Gasteiger partial charge in [-0.15, -0.1) is 0 Å². The van der Waals surface area contributed by atoms with Crippen LogP contribution in [-0.2, 0) is 14.3 Å². The fraction of sp³-hybridized carbons (Fsp3) is 0.280. The lowest BCUT2D eigenvalue weighted by Crippen LogP contribution is -2.45. The second-order valence-corrected chi connectivity index (χ2v) is 8.47.